The van der Waals surface area contributed by atoms with Gasteiger partial charge >= 0.3 is 6.03 Å². The summed E-state index contributed by atoms with van der Waals surface area (Å²) in [4.78, 5) is 11.9. The zero-order chi connectivity index (χ0) is 16.1. The van der Waals surface area contributed by atoms with Gasteiger partial charge in [0, 0.05) is 12.6 Å². The summed E-state index contributed by atoms with van der Waals surface area (Å²) in [6.45, 7) is 1.21. The van der Waals surface area contributed by atoms with Crippen LogP contribution in [0.15, 0.2) is 18.2 Å². The monoisotopic (exact) mass is 320 g/mol. The van der Waals surface area contributed by atoms with Gasteiger partial charge in [-0.1, -0.05) is 25.3 Å². The molecule has 0 saturated heterocycles. The summed E-state index contributed by atoms with van der Waals surface area (Å²) >= 11 is 0. The number of aliphatic hydroxyl groups is 1. The molecule has 3 rings (SSSR count). The molecule has 3 N–H and O–H groups in total. The lowest BCUT2D eigenvalue weighted by Crippen LogP contribution is -2.44. The van der Waals surface area contributed by atoms with Crippen molar-refractivity contribution in [2.45, 2.75) is 44.2 Å². The maximum atomic E-state index is 11.9. The average Bonchev–Trinajstić information content (AvgIpc) is 2.60. The first kappa shape index (κ1) is 15.9. The van der Waals surface area contributed by atoms with Gasteiger partial charge in [-0.05, 0) is 30.5 Å². The fourth-order valence-corrected chi connectivity index (χ4v) is 3.06. The summed E-state index contributed by atoms with van der Waals surface area (Å²) in [5.74, 6) is 1.33. The molecule has 0 bridgehead atoms. The largest absolute Gasteiger partial charge is 0.486 e. The normalized spacial score (nSPS) is 19.0. The van der Waals surface area contributed by atoms with E-state index in [1.54, 1.807) is 18.2 Å². The molecule has 1 saturated carbocycles. The van der Waals surface area contributed by atoms with E-state index in [9.17, 15) is 9.90 Å². The molecule has 1 fully saturated rings. The van der Waals surface area contributed by atoms with E-state index >= 15 is 0 Å². The number of carbonyl (C=O) groups excluding carboxylic acids is 1. The molecule has 2 aliphatic rings. The summed E-state index contributed by atoms with van der Waals surface area (Å²) in [5.41, 5.74) is 0.701. The first-order valence-corrected chi connectivity index (χ1v) is 8.34. The molecule has 0 spiro atoms. The predicted octanol–water partition coefficient (Wildman–Crippen LogP) is 2.12. The minimum Gasteiger partial charge on any atom is -0.486 e. The number of benzene rings is 1. The molecule has 0 aromatic heterocycles. The van der Waals surface area contributed by atoms with Crippen molar-refractivity contribution in [3.63, 3.8) is 0 Å². The lowest BCUT2D eigenvalue weighted by atomic mass is 9.96. The molecule has 1 aliphatic heterocycles. The Kier molecular flexibility index (Phi) is 5.23. The Morgan fingerprint density at radius 3 is 2.70 bits per heavy atom. The maximum Gasteiger partial charge on any atom is 0.315 e. The van der Waals surface area contributed by atoms with Gasteiger partial charge in [-0.3, -0.25) is 0 Å². The van der Waals surface area contributed by atoms with Crippen molar-refractivity contribution in [2.75, 3.05) is 19.8 Å². The van der Waals surface area contributed by atoms with Crippen LogP contribution in [0.5, 0.6) is 11.5 Å². The van der Waals surface area contributed by atoms with Crippen LogP contribution < -0.4 is 20.1 Å². The van der Waals surface area contributed by atoms with Crippen LogP contribution in [-0.2, 0) is 0 Å². The third kappa shape index (κ3) is 4.28. The van der Waals surface area contributed by atoms with Gasteiger partial charge < -0.3 is 25.2 Å². The Bertz CT molecular complexity index is 543. The number of hydrogen-bond acceptors (Lipinski definition) is 4. The predicted molar refractivity (Wildman–Crippen MR) is 85.8 cm³/mol. The second kappa shape index (κ2) is 7.55. The number of rotatable bonds is 4. The average molecular weight is 320 g/mol. The van der Waals surface area contributed by atoms with E-state index in [1.165, 1.54) is 19.3 Å². The van der Waals surface area contributed by atoms with Gasteiger partial charge in [-0.25, -0.2) is 4.79 Å². The van der Waals surface area contributed by atoms with Crippen molar-refractivity contribution in [2.24, 2.45) is 0 Å². The van der Waals surface area contributed by atoms with Gasteiger partial charge in [0.15, 0.2) is 11.5 Å². The van der Waals surface area contributed by atoms with E-state index in [0.29, 0.717) is 30.3 Å². The van der Waals surface area contributed by atoms with E-state index in [0.717, 1.165) is 12.8 Å². The quantitative estimate of drug-likeness (QED) is 0.794. The molecular formula is C17H24N2O4. The van der Waals surface area contributed by atoms with Gasteiger partial charge in [0.05, 0.1) is 6.10 Å². The third-order valence-electron chi connectivity index (χ3n) is 4.35. The molecule has 6 heteroatoms. The van der Waals surface area contributed by atoms with Crippen LogP contribution in [0.25, 0.3) is 0 Å². The van der Waals surface area contributed by atoms with Crippen molar-refractivity contribution in [3.8, 4) is 11.5 Å². The zero-order valence-electron chi connectivity index (χ0n) is 13.2. The number of ether oxygens (including phenoxy) is 2. The van der Waals surface area contributed by atoms with Gasteiger partial charge in [-0.15, -0.1) is 0 Å². The Morgan fingerprint density at radius 2 is 1.91 bits per heavy atom. The highest BCUT2D eigenvalue weighted by Gasteiger charge is 2.18. The number of fused-ring (bicyclic) bond motifs is 1. The van der Waals surface area contributed by atoms with Crippen LogP contribution in [0.4, 0.5) is 4.79 Å². The van der Waals surface area contributed by atoms with Crippen molar-refractivity contribution < 1.29 is 19.4 Å². The van der Waals surface area contributed by atoms with Crippen LogP contribution in [-0.4, -0.2) is 36.9 Å². The molecule has 1 unspecified atom stereocenters. The molecule has 1 aromatic rings. The van der Waals surface area contributed by atoms with Crippen LogP contribution in [0.3, 0.4) is 0 Å². The minimum atomic E-state index is -0.775. The highest BCUT2D eigenvalue weighted by Crippen LogP contribution is 2.32. The lowest BCUT2D eigenvalue weighted by molar-refractivity contribution is 0.162. The lowest BCUT2D eigenvalue weighted by Gasteiger charge is -2.23. The first-order chi connectivity index (χ1) is 11.2. The molecule has 1 aliphatic carbocycles. The molecule has 23 heavy (non-hydrogen) atoms. The van der Waals surface area contributed by atoms with E-state index < -0.39 is 6.10 Å². The number of carbonyl (C=O) groups is 1. The smallest absolute Gasteiger partial charge is 0.315 e. The molecule has 1 heterocycles. The van der Waals surface area contributed by atoms with E-state index in [2.05, 4.69) is 10.6 Å². The van der Waals surface area contributed by atoms with Crippen molar-refractivity contribution in [1.82, 2.24) is 10.6 Å². The third-order valence-corrected chi connectivity index (χ3v) is 4.35. The summed E-state index contributed by atoms with van der Waals surface area (Å²) < 4.78 is 11.0. The number of urea groups is 1. The summed E-state index contributed by atoms with van der Waals surface area (Å²) in [7, 11) is 0. The molecular weight excluding hydrogens is 296 g/mol. The van der Waals surface area contributed by atoms with E-state index in [-0.39, 0.29) is 18.6 Å². The van der Waals surface area contributed by atoms with Crippen molar-refractivity contribution in [3.05, 3.63) is 23.8 Å². The second-order valence-corrected chi connectivity index (χ2v) is 6.11. The van der Waals surface area contributed by atoms with Gasteiger partial charge in [0.1, 0.15) is 13.2 Å². The SMILES string of the molecule is O=C(NCC(O)c1ccc2c(c1)OCCO2)NC1CCCCC1. The number of amides is 2. The Hall–Kier alpha value is -1.95. The standard InChI is InChI=1S/C17H24N2O4/c20-14(11-18-17(21)19-13-4-2-1-3-5-13)12-6-7-15-16(10-12)23-9-8-22-15/h6-7,10,13-14,20H,1-5,8-9,11H2,(H2,18,19,21). The molecule has 126 valence electrons. The maximum absolute atomic E-state index is 11.9. The minimum absolute atomic E-state index is 0.165. The zero-order valence-corrected chi connectivity index (χ0v) is 13.2. The molecule has 1 atom stereocenters. The molecule has 1 aromatic carbocycles. The van der Waals surface area contributed by atoms with Crippen LogP contribution >= 0.6 is 0 Å². The Morgan fingerprint density at radius 1 is 1.17 bits per heavy atom. The number of hydrogen-bond donors (Lipinski definition) is 3. The van der Waals surface area contributed by atoms with E-state index in [4.69, 9.17) is 9.47 Å². The second-order valence-electron chi connectivity index (χ2n) is 6.11. The van der Waals surface area contributed by atoms with Gasteiger partial charge in [-0.2, -0.15) is 0 Å². The van der Waals surface area contributed by atoms with E-state index in [1.807, 2.05) is 0 Å². The van der Waals surface area contributed by atoms with Crippen LogP contribution in [0.1, 0.15) is 43.8 Å². The fraction of sp³-hybridized carbons (Fsp3) is 0.588. The van der Waals surface area contributed by atoms with Crippen molar-refractivity contribution in [1.29, 1.82) is 0 Å². The number of aliphatic hydroxyl groups excluding tert-OH is 1. The fourth-order valence-electron chi connectivity index (χ4n) is 3.06. The summed E-state index contributed by atoms with van der Waals surface area (Å²) in [5, 5.41) is 15.9. The first-order valence-electron chi connectivity index (χ1n) is 8.34. The Balaban J connectivity index is 1.48. The summed E-state index contributed by atoms with van der Waals surface area (Å²) in [6, 6.07) is 5.39. The van der Waals surface area contributed by atoms with Gasteiger partial charge in [0.25, 0.3) is 0 Å². The number of nitrogens with one attached hydrogen (secondary N) is 2. The topological polar surface area (TPSA) is 79.8 Å². The highest BCUT2D eigenvalue weighted by atomic mass is 16.6. The Labute approximate surface area is 136 Å². The van der Waals surface area contributed by atoms with Gasteiger partial charge in [0.2, 0.25) is 0 Å². The van der Waals surface area contributed by atoms with Crippen LogP contribution in [0, 0.1) is 0 Å². The highest BCUT2D eigenvalue weighted by molar-refractivity contribution is 5.74. The molecule has 2 amide bonds. The molecule has 0 radical (unpaired) electrons. The van der Waals surface area contributed by atoms with Crippen LogP contribution in [0.2, 0.25) is 0 Å². The summed E-state index contributed by atoms with van der Waals surface area (Å²) in [6.07, 6.45) is 4.90. The van der Waals surface area contributed by atoms with Crippen molar-refractivity contribution >= 4 is 6.03 Å². The molecule has 6 nitrogen and oxygen atoms in total.